The number of carboxylic acids is 1. The average molecular weight is 220 g/mol. The van der Waals surface area contributed by atoms with Crippen LogP contribution < -0.4 is 0 Å². The molecule has 0 atom stereocenters. The third kappa shape index (κ3) is 1.84. The highest BCUT2D eigenvalue weighted by Gasteiger charge is 2.15. The molecule has 0 aliphatic rings. The zero-order valence-corrected chi connectivity index (χ0v) is 9.07. The first-order valence-electron chi connectivity index (χ1n) is 4.90. The molecule has 0 radical (unpaired) electrons. The van der Waals surface area contributed by atoms with E-state index in [0.717, 1.165) is 11.3 Å². The number of H-pyrrole nitrogens is 1. The van der Waals surface area contributed by atoms with E-state index in [9.17, 15) is 4.79 Å². The highest BCUT2D eigenvalue weighted by Crippen LogP contribution is 2.25. The van der Waals surface area contributed by atoms with Crippen LogP contribution in [0.2, 0.25) is 0 Å². The lowest BCUT2D eigenvalue weighted by molar-refractivity contribution is -0.136. The molecule has 2 aromatic heterocycles. The second kappa shape index (κ2) is 3.84. The van der Waals surface area contributed by atoms with Gasteiger partial charge in [0, 0.05) is 11.3 Å². The monoisotopic (exact) mass is 220 g/mol. The standard InChI is InChI=1S/C11H12N2O3/c1-6-3-4-9(16-6)11-7(2)8(12-13-11)5-10(14)15/h3-4H,5H2,1-2H3,(H,12,13)(H,14,15). The van der Waals surface area contributed by atoms with Crippen LogP contribution >= 0.6 is 0 Å². The maximum Gasteiger partial charge on any atom is 0.309 e. The Morgan fingerprint density at radius 1 is 1.50 bits per heavy atom. The second-order valence-electron chi connectivity index (χ2n) is 3.66. The number of aryl methyl sites for hydroxylation is 1. The zero-order chi connectivity index (χ0) is 11.7. The smallest absolute Gasteiger partial charge is 0.309 e. The molecule has 0 spiro atoms. The quantitative estimate of drug-likeness (QED) is 0.828. The van der Waals surface area contributed by atoms with E-state index in [2.05, 4.69) is 10.2 Å². The molecule has 5 heteroatoms. The summed E-state index contributed by atoms with van der Waals surface area (Å²) < 4.78 is 5.44. The van der Waals surface area contributed by atoms with Gasteiger partial charge in [-0.05, 0) is 26.0 Å². The van der Waals surface area contributed by atoms with E-state index in [0.29, 0.717) is 17.1 Å². The number of carboxylic acid groups (broad SMARTS) is 1. The number of aliphatic carboxylic acids is 1. The minimum atomic E-state index is -0.881. The predicted molar refractivity (Wildman–Crippen MR) is 57.1 cm³/mol. The summed E-state index contributed by atoms with van der Waals surface area (Å²) >= 11 is 0. The third-order valence-corrected chi connectivity index (χ3v) is 2.41. The largest absolute Gasteiger partial charge is 0.481 e. The van der Waals surface area contributed by atoms with Crippen molar-refractivity contribution < 1.29 is 14.3 Å². The molecule has 0 unspecified atom stereocenters. The van der Waals surface area contributed by atoms with E-state index < -0.39 is 5.97 Å². The lowest BCUT2D eigenvalue weighted by Gasteiger charge is -1.95. The van der Waals surface area contributed by atoms with Crippen LogP contribution in [0.1, 0.15) is 17.0 Å². The fraction of sp³-hybridized carbons (Fsp3) is 0.273. The second-order valence-corrected chi connectivity index (χ2v) is 3.66. The number of aromatic nitrogens is 2. The fourth-order valence-electron chi connectivity index (χ4n) is 1.56. The number of nitrogens with one attached hydrogen (secondary N) is 1. The molecule has 0 fully saturated rings. The van der Waals surface area contributed by atoms with Crippen molar-refractivity contribution in [1.82, 2.24) is 10.2 Å². The summed E-state index contributed by atoms with van der Waals surface area (Å²) in [4.78, 5) is 10.6. The third-order valence-electron chi connectivity index (χ3n) is 2.41. The van der Waals surface area contributed by atoms with E-state index in [1.165, 1.54) is 0 Å². The van der Waals surface area contributed by atoms with Crippen LogP contribution in [0.4, 0.5) is 0 Å². The van der Waals surface area contributed by atoms with Crippen molar-refractivity contribution in [3.63, 3.8) is 0 Å². The number of aromatic amines is 1. The Hall–Kier alpha value is -2.04. The number of hydrogen-bond acceptors (Lipinski definition) is 3. The molecule has 2 rings (SSSR count). The molecule has 5 nitrogen and oxygen atoms in total. The minimum absolute atomic E-state index is 0.0570. The summed E-state index contributed by atoms with van der Waals surface area (Å²) in [5.41, 5.74) is 2.10. The SMILES string of the molecule is Cc1ccc(-c2n[nH]c(CC(=O)O)c2C)o1. The van der Waals surface area contributed by atoms with E-state index in [-0.39, 0.29) is 6.42 Å². The Labute approximate surface area is 92.1 Å². The Morgan fingerprint density at radius 3 is 2.81 bits per heavy atom. The van der Waals surface area contributed by atoms with Gasteiger partial charge in [0.25, 0.3) is 0 Å². The summed E-state index contributed by atoms with van der Waals surface area (Å²) in [5, 5.41) is 15.5. The van der Waals surface area contributed by atoms with Gasteiger partial charge in [0.15, 0.2) is 5.76 Å². The minimum Gasteiger partial charge on any atom is -0.481 e. The van der Waals surface area contributed by atoms with Crippen molar-refractivity contribution in [1.29, 1.82) is 0 Å². The van der Waals surface area contributed by atoms with Gasteiger partial charge in [0.05, 0.1) is 6.42 Å². The number of carbonyl (C=O) groups is 1. The highest BCUT2D eigenvalue weighted by molar-refractivity contribution is 5.71. The highest BCUT2D eigenvalue weighted by atomic mass is 16.4. The van der Waals surface area contributed by atoms with Crippen molar-refractivity contribution in [2.24, 2.45) is 0 Å². The molecule has 2 heterocycles. The summed E-state index contributed by atoms with van der Waals surface area (Å²) in [6.07, 6.45) is -0.0570. The lowest BCUT2D eigenvalue weighted by Crippen LogP contribution is -2.01. The number of rotatable bonds is 3. The molecule has 0 amide bonds. The predicted octanol–water partition coefficient (Wildman–Crippen LogP) is 1.91. The summed E-state index contributed by atoms with van der Waals surface area (Å²) in [6.45, 7) is 3.68. The molecular weight excluding hydrogens is 208 g/mol. The van der Waals surface area contributed by atoms with E-state index in [1.54, 1.807) is 0 Å². The van der Waals surface area contributed by atoms with Crippen LogP contribution in [0, 0.1) is 13.8 Å². The maximum atomic E-state index is 10.6. The van der Waals surface area contributed by atoms with Crippen molar-refractivity contribution >= 4 is 5.97 Å². The van der Waals surface area contributed by atoms with Crippen LogP contribution in [-0.2, 0) is 11.2 Å². The Balaban J connectivity index is 2.36. The van der Waals surface area contributed by atoms with Gasteiger partial charge in [-0.25, -0.2) is 0 Å². The van der Waals surface area contributed by atoms with Crippen molar-refractivity contribution in [3.05, 3.63) is 29.2 Å². The van der Waals surface area contributed by atoms with E-state index >= 15 is 0 Å². The van der Waals surface area contributed by atoms with Crippen LogP contribution in [-0.4, -0.2) is 21.3 Å². The zero-order valence-electron chi connectivity index (χ0n) is 9.07. The van der Waals surface area contributed by atoms with Gasteiger partial charge in [-0.3, -0.25) is 9.89 Å². The molecule has 0 bridgehead atoms. The topological polar surface area (TPSA) is 79.1 Å². The molecule has 0 aliphatic heterocycles. The van der Waals surface area contributed by atoms with Gasteiger partial charge in [-0.15, -0.1) is 0 Å². The van der Waals surface area contributed by atoms with Crippen LogP contribution in [0.3, 0.4) is 0 Å². The summed E-state index contributed by atoms with van der Waals surface area (Å²) in [5.74, 6) is 0.578. The molecule has 0 aromatic carbocycles. The molecule has 16 heavy (non-hydrogen) atoms. The fourth-order valence-corrected chi connectivity index (χ4v) is 1.56. The van der Waals surface area contributed by atoms with Gasteiger partial charge in [-0.1, -0.05) is 0 Å². The van der Waals surface area contributed by atoms with Gasteiger partial charge < -0.3 is 9.52 Å². The Morgan fingerprint density at radius 2 is 2.25 bits per heavy atom. The van der Waals surface area contributed by atoms with Crippen molar-refractivity contribution in [2.45, 2.75) is 20.3 Å². The molecule has 2 aromatic rings. The summed E-state index contributed by atoms with van der Waals surface area (Å²) in [7, 11) is 0. The molecular formula is C11H12N2O3. The molecule has 2 N–H and O–H groups in total. The number of hydrogen-bond donors (Lipinski definition) is 2. The van der Waals surface area contributed by atoms with Gasteiger partial charge in [0.2, 0.25) is 0 Å². The van der Waals surface area contributed by atoms with Crippen LogP contribution in [0.5, 0.6) is 0 Å². The number of furan rings is 1. The van der Waals surface area contributed by atoms with Gasteiger partial charge >= 0.3 is 5.97 Å². The Bertz CT molecular complexity index is 525. The van der Waals surface area contributed by atoms with Gasteiger partial charge in [0.1, 0.15) is 11.5 Å². The molecule has 84 valence electrons. The first-order chi connectivity index (χ1) is 7.58. The Kier molecular flexibility index (Phi) is 2.52. The normalized spacial score (nSPS) is 10.6. The average Bonchev–Trinajstić information content (AvgIpc) is 2.74. The lowest BCUT2D eigenvalue weighted by atomic mass is 10.1. The van der Waals surface area contributed by atoms with E-state index in [1.807, 2.05) is 26.0 Å². The molecule has 0 aliphatic carbocycles. The first kappa shape index (κ1) is 10.5. The number of nitrogens with zero attached hydrogens (tertiary/aromatic N) is 1. The maximum absolute atomic E-state index is 10.6. The van der Waals surface area contributed by atoms with Crippen molar-refractivity contribution in [2.75, 3.05) is 0 Å². The molecule has 0 saturated carbocycles. The van der Waals surface area contributed by atoms with Gasteiger partial charge in [-0.2, -0.15) is 5.10 Å². The first-order valence-corrected chi connectivity index (χ1v) is 4.90. The van der Waals surface area contributed by atoms with Crippen LogP contribution in [0.25, 0.3) is 11.5 Å². The summed E-state index contributed by atoms with van der Waals surface area (Å²) in [6, 6.07) is 3.67. The van der Waals surface area contributed by atoms with Crippen molar-refractivity contribution in [3.8, 4) is 11.5 Å². The molecule has 0 saturated heterocycles. The van der Waals surface area contributed by atoms with E-state index in [4.69, 9.17) is 9.52 Å². The van der Waals surface area contributed by atoms with Crippen LogP contribution in [0.15, 0.2) is 16.5 Å².